The fourth-order valence-electron chi connectivity index (χ4n) is 3.42. The van der Waals surface area contributed by atoms with E-state index >= 15 is 0 Å². The van der Waals surface area contributed by atoms with Gasteiger partial charge in [0.2, 0.25) is 5.91 Å². The summed E-state index contributed by atoms with van der Waals surface area (Å²) in [4.78, 5) is 12.6. The zero-order chi connectivity index (χ0) is 15.4. The van der Waals surface area contributed by atoms with Gasteiger partial charge in [0.25, 0.3) is 0 Å². The van der Waals surface area contributed by atoms with Gasteiger partial charge in [-0.3, -0.25) is 4.79 Å². The Balaban J connectivity index is 1.63. The van der Waals surface area contributed by atoms with E-state index in [9.17, 15) is 4.79 Å². The molecule has 1 aromatic carbocycles. The van der Waals surface area contributed by atoms with Gasteiger partial charge in [0.05, 0.1) is 12.0 Å². The standard InChI is InChI=1S/C18H26N2O2/c1-13-6-8-14(9-7-13)17-16(5-3-11-22-17)18(21)20-12-15-4-2-10-19-15/h6-9,15-17,19H,2-5,10-12H2,1H3,(H,20,21). The molecule has 3 rings (SSSR count). The van der Waals surface area contributed by atoms with Crippen molar-refractivity contribution in [3.63, 3.8) is 0 Å². The van der Waals surface area contributed by atoms with E-state index in [-0.39, 0.29) is 17.9 Å². The summed E-state index contributed by atoms with van der Waals surface area (Å²) in [5, 5.41) is 6.54. The van der Waals surface area contributed by atoms with Gasteiger partial charge in [0.1, 0.15) is 0 Å². The molecule has 22 heavy (non-hydrogen) atoms. The first-order valence-electron chi connectivity index (χ1n) is 8.43. The van der Waals surface area contributed by atoms with Crippen LogP contribution >= 0.6 is 0 Å². The molecule has 2 N–H and O–H groups in total. The molecule has 0 spiro atoms. The van der Waals surface area contributed by atoms with Crippen molar-refractivity contribution >= 4 is 5.91 Å². The minimum absolute atomic E-state index is 0.0714. The molecule has 2 aliphatic rings. The first kappa shape index (κ1) is 15.5. The predicted molar refractivity (Wildman–Crippen MR) is 86.6 cm³/mol. The SMILES string of the molecule is Cc1ccc(C2OCCCC2C(=O)NCC2CCCN2)cc1. The lowest BCUT2D eigenvalue weighted by Gasteiger charge is -2.31. The molecule has 0 bridgehead atoms. The number of hydrogen-bond donors (Lipinski definition) is 2. The van der Waals surface area contributed by atoms with Gasteiger partial charge in [-0.1, -0.05) is 29.8 Å². The summed E-state index contributed by atoms with van der Waals surface area (Å²) >= 11 is 0. The number of benzene rings is 1. The highest BCUT2D eigenvalue weighted by Gasteiger charge is 2.33. The molecular formula is C18H26N2O2. The van der Waals surface area contributed by atoms with Gasteiger partial charge >= 0.3 is 0 Å². The van der Waals surface area contributed by atoms with Crippen LogP contribution in [0.1, 0.15) is 42.9 Å². The van der Waals surface area contributed by atoms with Crippen molar-refractivity contribution in [3.05, 3.63) is 35.4 Å². The summed E-state index contributed by atoms with van der Waals surface area (Å²) in [6, 6.07) is 8.79. The summed E-state index contributed by atoms with van der Waals surface area (Å²) < 4.78 is 5.93. The van der Waals surface area contributed by atoms with Crippen LogP contribution in [-0.4, -0.2) is 31.6 Å². The molecule has 0 radical (unpaired) electrons. The molecule has 0 aromatic heterocycles. The normalized spacial score (nSPS) is 28.5. The molecule has 2 aliphatic heterocycles. The molecule has 4 nitrogen and oxygen atoms in total. The van der Waals surface area contributed by atoms with Crippen LogP contribution < -0.4 is 10.6 Å². The van der Waals surface area contributed by atoms with Gasteiger partial charge in [-0.25, -0.2) is 0 Å². The minimum atomic E-state index is -0.106. The summed E-state index contributed by atoms with van der Waals surface area (Å²) in [6.45, 7) is 4.62. The van der Waals surface area contributed by atoms with Crippen LogP contribution in [0, 0.1) is 12.8 Å². The zero-order valence-corrected chi connectivity index (χ0v) is 13.3. The molecule has 0 saturated carbocycles. The molecule has 1 aromatic rings. The third-order valence-electron chi connectivity index (χ3n) is 4.75. The molecule has 4 heteroatoms. The highest BCUT2D eigenvalue weighted by molar-refractivity contribution is 5.79. The Hall–Kier alpha value is -1.39. The summed E-state index contributed by atoms with van der Waals surface area (Å²) in [6.07, 6.45) is 4.12. The Kier molecular flexibility index (Phi) is 5.11. The van der Waals surface area contributed by atoms with E-state index in [1.807, 2.05) is 0 Å². The van der Waals surface area contributed by atoms with Crippen molar-refractivity contribution in [2.24, 2.45) is 5.92 Å². The molecule has 3 atom stereocenters. The van der Waals surface area contributed by atoms with E-state index in [1.54, 1.807) is 0 Å². The van der Waals surface area contributed by atoms with Gasteiger partial charge in [-0.15, -0.1) is 0 Å². The molecule has 2 saturated heterocycles. The summed E-state index contributed by atoms with van der Waals surface area (Å²) in [5.74, 6) is 0.0665. The number of carbonyl (C=O) groups excluding carboxylic acids is 1. The van der Waals surface area contributed by atoms with Gasteiger partial charge in [-0.05, 0) is 44.7 Å². The maximum absolute atomic E-state index is 12.6. The Morgan fingerprint density at radius 2 is 2.09 bits per heavy atom. The lowest BCUT2D eigenvalue weighted by molar-refractivity contribution is -0.134. The van der Waals surface area contributed by atoms with Gasteiger partial charge in [0, 0.05) is 19.2 Å². The fourth-order valence-corrected chi connectivity index (χ4v) is 3.42. The van der Waals surface area contributed by atoms with Gasteiger partial charge in [-0.2, -0.15) is 0 Å². The first-order valence-corrected chi connectivity index (χ1v) is 8.43. The van der Waals surface area contributed by atoms with Crippen LogP contribution in [0.2, 0.25) is 0 Å². The Bertz CT molecular complexity index is 494. The monoisotopic (exact) mass is 302 g/mol. The number of hydrogen-bond acceptors (Lipinski definition) is 3. The van der Waals surface area contributed by atoms with Crippen molar-refractivity contribution in [1.29, 1.82) is 0 Å². The molecule has 2 heterocycles. The minimum Gasteiger partial charge on any atom is -0.373 e. The van der Waals surface area contributed by atoms with Crippen LogP contribution in [0.25, 0.3) is 0 Å². The third-order valence-corrected chi connectivity index (χ3v) is 4.75. The topological polar surface area (TPSA) is 50.4 Å². The Morgan fingerprint density at radius 3 is 2.82 bits per heavy atom. The van der Waals surface area contributed by atoms with E-state index in [0.717, 1.165) is 44.5 Å². The molecular weight excluding hydrogens is 276 g/mol. The summed E-state index contributed by atoms with van der Waals surface area (Å²) in [5.41, 5.74) is 2.34. The van der Waals surface area contributed by atoms with E-state index < -0.39 is 0 Å². The summed E-state index contributed by atoms with van der Waals surface area (Å²) in [7, 11) is 0. The second kappa shape index (κ2) is 7.25. The van der Waals surface area contributed by atoms with Crippen LogP contribution in [0.3, 0.4) is 0 Å². The molecule has 2 fully saturated rings. The van der Waals surface area contributed by atoms with Crippen molar-refractivity contribution in [3.8, 4) is 0 Å². The molecule has 1 amide bonds. The van der Waals surface area contributed by atoms with E-state index in [1.165, 1.54) is 12.0 Å². The quantitative estimate of drug-likeness (QED) is 0.897. The number of nitrogens with one attached hydrogen (secondary N) is 2. The zero-order valence-electron chi connectivity index (χ0n) is 13.3. The highest BCUT2D eigenvalue weighted by Crippen LogP contribution is 2.33. The largest absolute Gasteiger partial charge is 0.373 e. The van der Waals surface area contributed by atoms with Crippen molar-refractivity contribution in [2.75, 3.05) is 19.7 Å². The van der Waals surface area contributed by atoms with E-state index in [2.05, 4.69) is 41.8 Å². The number of ether oxygens (including phenoxy) is 1. The predicted octanol–water partition coefficient (Wildman–Crippen LogP) is 2.33. The average molecular weight is 302 g/mol. The van der Waals surface area contributed by atoms with E-state index in [0.29, 0.717) is 6.04 Å². The first-order chi connectivity index (χ1) is 10.7. The number of carbonyl (C=O) groups is 1. The maximum atomic E-state index is 12.6. The average Bonchev–Trinajstić information content (AvgIpc) is 3.07. The number of amides is 1. The van der Waals surface area contributed by atoms with Crippen LogP contribution in [0.4, 0.5) is 0 Å². The smallest absolute Gasteiger partial charge is 0.226 e. The molecule has 120 valence electrons. The van der Waals surface area contributed by atoms with Crippen LogP contribution in [-0.2, 0) is 9.53 Å². The Morgan fingerprint density at radius 1 is 1.27 bits per heavy atom. The lowest BCUT2D eigenvalue weighted by Crippen LogP contribution is -2.42. The molecule has 3 unspecified atom stereocenters. The van der Waals surface area contributed by atoms with Crippen molar-refractivity contribution in [1.82, 2.24) is 10.6 Å². The maximum Gasteiger partial charge on any atom is 0.226 e. The third kappa shape index (κ3) is 3.68. The highest BCUT2D eigenvalue weighted by atomic mass is 16.5. The number of rotatable bonds is 4. The Labute approximate surface area is 132 Å². The van der Waals surface area contributed by atoms with Crippen LogP contribution in [0.15, 0.2) is 24.3 Å². The van der Waals surface area contributed by atoms with Crippen LogP contribution in [0.5, 0.6) is 0 Å². The lowest BCUT2D eigenvalue weighted by atomic mass is 9.88. The van der Waals surface area contributed by atoms with Gasteiger partial charge < -0.3 is 15.4 Å². The fraction of sp³-hybridized carbons (Fsp3) is 0.611. The van der Waals surface area contributed by atoms with E-state index in [4.69, 9.17) is 4.74 Å². The van der Waals surface area contributed by atoms with Crippen molar-refractivity contribution < 1.29 is 9.53 Å². The second-order valence-electron chi connectivity index (χ2n) is 6.49. The second-order valence-corrected chi connectivity index (χ2v) is 6.49. The van der Waals surface area contributed by atoms with Crippen molar-refractivity contribution in [2.45, 2.75) is 44.8 Å². The van der Waals surface area contributed by atoms with Gasteiger partial charge in [0.15, 0.2) is 0 Å². The number of aryl methyl sites for hydroxylation is 1. The molecule has 0 aliphatic carbocycles.